The van der Waals surface area contributed by atoms with Crippen LogP contribution >= 0.6 is 0 Å². The second-order valence-corrected chi connectivity index (χ2v) is 5.75. The highest BCUT2D eigenvalue weighted by Crippen LogP contribution is 2.22. The number of pyridine rings is 1. The minimum atomic E-state index is -0.209. The van der Waals surface area contributed by atoms with E-state index < -0.39 is 0 Å². The third kappa shape index (κ3) is 2.60. The van der Waals surface area contributed by atoms with Crippen LogP contribution in [0.1, 0.15) is 56.6 Å². The summed E-state index contributed by atoms with van der Waals surface area (Å²) in [5.41, 5.74) is 9.26. The third-order valence-electron chi connectivity index (χ3n) is 3.97. The van der Waals surface area contributed by atoms with Crippen molar-refractivity contribution >= 4 is 0 Å². The van der Waals surface area contributed by atoms with Crippen LogP contribution in [-0.4, -0.2) is 22.6 Å². The molecule has 0 fully saturated rings. The SMILES string of the molecule is CCN1CCc2c(cc(C(C)N)c(=O)n2C(C)C)C1. The molecule has 0 amide bonds. The molecule has 0 saturated carbocycles. The fourth-order valence-corrected chi connectivity index (χ4v) is 2.89. The predicted molar refractivity (Wildman–Crippen MR) is 78.3 cm³/mol. The van der Waals surface area contributed by atoms with Gasteiger partial charge in [0.25, 0.3) is 5.56 Å². The van der Waals surface area contributed by atoms with Crippen molar-refractivity contribution < 1.29 is 0 Å². The summed E-state index contributed by atoms with van der Waals surface area (Å²) in [7, 11) is 0. The number of likely N-dealkylation sites (N-methyl/N-ethyl adjacent to an activating group) is 1. The van der Waals surface area contributed by atoms with Crippen LogP contribution in [0.2, 0.25) is 0 Å². The van der Waals surface area contributed by atoms with Gasteiger partial charge in [-0.25, -0.2) is 0 Å². The Morgan fingerprint density at radius 2 is 2.05 bits per heavy atom. The van der Waals surface area contributed by atoms with Crippen molar-refractivity contribution in [2.75, 3.05) is 13.1 Å². The first-order valence-corrected chi connectivity index (χ1v) is 7.20. The second-order valence-electron chi connectivity index (χ2n) is 5.75. The molecule has 0 spiro atoms. The number of hydrogen-bond donors (Lipinski definition) is 1. The number of rotatable bonds is 3. The lowest BCUT2D eigenvalue weighted by atomic mass is 9.99. The summed E-state index contributed by atoms with van der Waals surface area (Å²) in [5.74, 6) is 0. The Morgan fingerprint density at radius 3 is 2.58 bits per heavy atom. The zero-order valence-electron chi connectivity index (χ0n) is 12.4. The van der Waals surface area contributed by atoms with Gasteiger partial charge in [0.2, 0.25) is 0 Å². The standard InChI is InChI=1S/C15H25N3O/c1-5-17-7-6-14-12(9-17)8-13(11(4)16)15(19)18(14)10(2)3/h8,10-11H,5-7,9,16H2,1-4H3. The van der Waals surface area contributed by atoms with E-state index in [-0.39, 0.29) is 17.6 Å². The van der Waals surface area contributed by atoms with Crippen LogP contribution in [0, 0.1) is 0 Å². The first-order valence-electron chi connectivity index (χ1n) is 7.20. The van der Waals surface area contributed by atoms with E-state index in [9.17, 15) is 4.79 Å². The van der Waals surface area contributed by atoms with Crippen molar-refractivity contribution in [3.63, 3.8) is 0 Å². The van der Waals surface area contributed by atoms with E-state index in [1.807, 2.05) is 17.6 Å². The first kappa shape index (κ1) is 14.3. The van der Waals surface area contributed by atoms with Crippen LogP contribution in [0.3, 0.4) is 0 Å². The van der Waals surface area contributed by atoms with E-state index in [4.69, 9.17) is 5.73 Å². The van der Waals surface area contributed by atoms with Gasteiger partial charge in [0.15, 0.2) is 0 Å². The van der Waals surface area contributed by atoms with Crippen LogP contribution < -0.4 is 11.3 Å². The molecule has 0 aromatic carbocycles. The fourth-order valence-electron chi connectivity index (χ4n) is 2.89. The third-order valence-corrected chi connectivity index (χ3v) is 3.97. The maximum absolute atomic E-state index is 12.5. The van der Waals surface area contributed by atoms with E-state index in [0.29, 0.717) is 0 Å². The van der Waals surface area contributed by atoms with Gasteiger partial charge >= 0.3 is 0 Å². The van der Waals surface area contributed by atoms with E-state index in [0.717, 1.165) is 31.6 Å². The summed E-state index contributed by atoms with van der Waals surface area (Å²) in [6.07, 6.45) is 0.954. The highest BCUT2D eigenvalue weighted by molar-refractivity contribution is 5.30. The molecule has 1 aliphatic heterocycles. The molecule has 1 aromatic rings. The Bertz CT molecular complexity index is 517. The second kappa shape index (κ2) is 5.47. The van der Waals surface area contributed by atoms with Gasteiger partial charge < -0.3 is 10.3 Å². The lowest BCUT2D eigenvalue weighted by Gasteiger charge is -2.31. The molecule has 1 aromatic heterocycles. The van der Waals surface area contributed by atoms with E-state index in [1.54, 1.807) is 0 Å². The lowest BCUT2D eigenvalue weighted by Crippen LogP contribution is -2.38. The highest BCUT2D eigenvalue weighted by atomic mass is 16.1. The van der Waals surface area contributed by atoms with Crippen LogP contribution in [0.4, 0.5) is 0 Å². The molecular weight excluding hydrogens is 238 g/mol. The number of fused-ring (bicyclic) bond motifs is 1. The van der Waals surface area contributed by atoms with Gasteiger partial charge in [0.05, 0.1) is 0 Å². The first-order chi connectivity index (χ1) is 8.95. The molecule has 106 valence electrons. The van der Waals surface area contributed by atoms with Crippen molar-refractivity contribution in [1.82, 2.24) is 9.47 Å². The van der Waals surface area contributed by atoms with E-state index >= 15 is 0 Å². The average Bonchev–Trinajstić information content (AvgIpc) is 2.36. The summed E-state index contributed by atoms with van der Waals surface area (Å²) in [5, 5.41) is 0. The van der Waals surface area contributed by atoms with Crippen molar-refractivity contribution in [3.8, 4) is 0 Å². The Balaban J connectivity index is 2.60. The summed E-state index contributed by atoms with van der Waals surface area (Å²) in [6.45, 7) is 11.2. The molecule has 19 heavy (non-hydrogen) atoms. The van der Waals surface area contributed by atoms with Gasteiger partial charge in [-0.05, 0) is 38.9 Å². The minimum Gasteiger partial charge on any atom is -0.324 e. The number of aromatic nitrogens is 1. The van der Waals surface area contributed by atoms with Gasteiger partial charge in [-0.1, -0.05) is 6.92 Å². The lowest BCUT2D eigenvalue weighted by molar-refractivity contribution is 0.259. The number of nitrogens with zero attached hydrogens (tertiary/aromatic N) is 2. The molecule has 2 N–H and O–H groups in total. The fraction of sp³-hybridized carbons (Fsp3) is 0.667. The molecule has 2 rings (SSSR count). The molecule has 1 atom stereocenters. The molecule has 0 radical (unpaired) electrons. The minimum absolute atomic E-state index is 0.0914. The maximum atomic E-state index is 12.5. The number of hydrogen-bond acceptors (Lipinski definition) is 3. The molecule has 1 unspecified atom stereocenters. The van der Waals surface area contributed by atoms with Crippen molar-refractivity contribution in [3.05, 3.63) is 33.2 Å². The largest absolute Gasteiger partial charge is 0.324 e. The smallest absolute Gasteiger partial charge is 0.255 e. The molecule has 0 saturated heterocycles. The highest BCUT2D eigenvalue weighted by Gasteiger charge is 2.23. The molecule has 4 nitrogen and oxygen atoms in total. The van der Waals surface area contributed by atoms with Crippen LogP contribution in [0.15, 0.2) is 10.9 Å². The Kier molecular flexibility index (Phi) is 4.11. The van der Waals surface area contributed by atoms with E-state index in [2.05, 4.69) is 25.7 Å². The van der Waals surface area contributed by atoms with Crippen molar-refractivity contribution in [1.29, 1.82) is 0 Å². The van der Waals surface area contributed by atoms with Crippen LogP contribution in [-0.2, 0) is 13.0 Å². The Morgan fingerprint density at radius 1 is 1.37 bits per heavy atom. The van der Waals surface area contributed by atoms with Crippen LogP contribution in [0.5, 0.6) is 0 Å². The van der Waals surface area contributed by atoms with Gasteiger partial charge in [0, 0.05) is 42.9 Å². The average molecular weight is 263 g/mol. The predicted octanol–water partition coefficient (Wildman–Crippen LogP) is 1.83. The zero-order valence-corrected chi connectivity index (χ0v) is 12.4. The molecule has 1 aliphatic rings. The molecule has 0 aliphatic carbocycles. The summed E-state index contributed by atoms with van der Waals surface area (Å²) >= 11 is 0. The normalized spacial score (nSPS) is 17.6. The molecule has 4 heteroatoms. The summed E-state index contributed by atoms with van der Waals surface area (Å²) in [4.78, 5) is 14.9. The number of nitrogens with two attached hydrogens (primary N) is 1. The van der Waals surface area contributed by atoms with E-state index in [1.165, 1.54) is 11.3 Å². The van der Waals surface area contributed by atoms with Gasteiger partial charge in [0.1, 0.15) is 0 Å². The Hall–Kier alpha value is -1.13. The van der Waals surface area contributed by atoms with Crippen LogP contribution in [0.25, 0.3) is 0 Å². The van der Waals surface area contributed by atoms with Crippen molar-refractivity contribution in [2.24, 2.45) is 5.73 Å². The van der Waals surface area contributed by atoms with Gasteiger partial charge in [-0.3, -0.25) is 9.69 Å². The zero-order chi connectivity index (χ0) is 14.2. The molecule has 2 heterocycles. The van der Waals surface area contributed by atoms with Gasteiger partial charge in [-0.2, -0.15) is 0 Å². The quantitative estimate of drug-likeness (QED) is 0.905. The summed E-state index contributed by atoms with van der Waals surface area (Å²) < 4.78 is 1.95. The summed E-state index contributed by atoms with van der Waals surface area (Å²) in [6, 6.07) is 2.01. The topological polar surface area (TPSA) is 51.3 Å². The molecular formula is C15H25N3O. The maximum Gasteiger partial charge on any atom is 0.255 e. The Labute approximate surface area is 115 Å². The molecule has 0 bridgehead atoms. The van der Waals surface area contributed by atoms with Gasteiger partial charge in [-0.15, -0.1) is 0 Å². The monoisotopic (exact) mass is 263 g/mol. The van der Waals surface area contributed by atoms with Crippen molar-refractivity contribution in [2.45, 2.75) is 52.7 Å².